The number of anilines is 1. The SMILES string of the molecule is CC1Cc2ccccc2N1S(=O)(=O)c1ccc(I)cc1. The van der Waals surface area contributed by atoms with Crippen LogP contribution in [0.1, 0.15) is 12.5 Å². The first-order valence-electron chi connectivity index (χ1n) is 6.38. The fourth-order valence-corrected chi connectivity index (χ4v) is 4.68. The normalized spacial score (nSPS) is 18.1. The van der Waals surface area contributed by atoms with Gasteiger partial charge in [-0.05, 0) is 71.8 Å². The smallest absolute Gasteiger partial charge is 0.263 e. The van der Waals surface area contributed by atoms with Crippen LogP contribution in [0.2, 0.25) is 0 Å². The number of nitrogens with zero attached hydrogens (tertiary/aromatic N) is 1. The number of fused-ring (bicyclic) bond motifs is 1. The molecule has 104 valence electrons. The van der Waals surface area contributed by atoms with E-state index in [0.29, 0.717) is 4.90 Å². The summed E-state index contributed by atoms with van der Waals surface area (Å²) in [6.45, 7) is 1.95. The van der Waals surface area contributed by atoms with Crippen molar-refractivity contribution in [3.8, 4) is 0 Å². The molecule has 0 bridgehead atoms. The van der Waals surface area contributed by atoms with Gasteiger partial charge in [0, 0.05) is 9.61 Å². The van der Waals surface area contributed by atoms with Crippen LogP contribution in [0.25, 0.3) is 0 Å². The molecule has 0 spiro atoms. The summed E-state index contributed by atoms with van der Waals surface area (Å²) in [4.78, 5) is 0.349. The lowest BCUT2D eigenvalue weighted by Gasteiger charge is -2.24. The molecule has 0 aromatic heterocycles. The van der Waals surface area contributed by atoms with E-state index in [1.165, 1.54) is 0 Å². The number of para-hydroxylation sites is 1. The van der Waals surface area contributed by atoms with Gasteiger partial charge in [0.2, 0.25) is 0 Å². The van der Waals surface area contributed by atoms with E-state index in [2.05, 4.69) is 22.6 Å². The van der Waals surface area contributed by atoms with Gasteiger partial charge in [0.25, 0.3) is 10.0 Å². The topological polar surface area (TPSA) is 37.4 Å². The second kappa shape index (κ2) is 5.04. The van der Waals surface area contributed by atoms with Crippen molar-refractivity contribution in [3.05, 3.63) is 57.7 Å². The van der Waals surface area contributed by atoms with Crippen molar-refractivity contribution in [3.63, 3.8) is 0 Å². The van der Waals surface area contributed by atoms with Gasteiger partial charge in [-0.25, -0.2) is 8.42 Å². The molecule has 5 heteroatoms. The van der Waals surface area contributed by atoms with Crippen LogP contribution in [0.5, 0.6) is 0 Å². The van der Waals surface area contributed by atoms with Gasteiger partial charge in [-0.1, -0.05) is 18.2 Å². The van der Waals surface area contributed by atoms with E-state index in [-0.39, 0.29) is 6.04 Å². The maximum Gasteiger partial charge on any atom is 0.264 e. The van der Waals surface area contributed by atoms with E-state index in [1.54, 1.807) is 16.4 Å². The average Bonchev–Trinajstić information content (AvgIpc) is 2.75. The second-order valence-electron chi connectivity index (χ2n) is 4.94. The van der Waals surface area contributed by atoms with Crippen molar-refractivity contribution in [1.29, 1.82) is 0 Å². The number of sulfonamides is 1. The number of halogens is 1. The predicted molar refractivity (Wildman–Crippen MR) is 88.4 cm³/mol. The molecule has 3 nitrogen and oxygen atoms in total. The van der Waals surface area contributed by atoms with Crippen molar-refractivity contribution in [2.24, 2.45) is 0 Å². The summed E-state index contributed by atoms with van der Waals surface area (Å²) in [5, 5.41) is 0. The number of rotatable bonds is 2. The van der Waals surface area contributed by atoms with E-state index in [1.807, 2.05) is 43.3 Å². The maximum absolute atomic E-state index is 12.8. The molecule has 2 aromatic carbocycles. The molecule has 20 heavy (non-hydrogen) atoms. The molecular formula is C15H14INO2S. The molecule has 1 atom stereocenters. The minimum atomic E-state index is -3.49. The Morgan fingerprint density at radius 3 is 2.45 bits per heavy atom. The van der Waals surface area contributed by atoms with Crippen LogP contribution in [0.4, 0.5) is 5.69 Å². The third-order valence-corrected chi connectivity index (χ3v) is 6.18. The second-order valence-corrected chi connectivity index (χ2v) is 8.00. The van der Waals surface area contributed by atoms with Crippen LogP contribution in [-0.4, -0.2) is 14.5 Å². The summed E-state index contributed by atoms with van der Waals surface area (Å²) in [6.07, 6.45) is 0.764. The van der Waals surface area contributed by atoms with Gasteiger partial charge in [0.15, 0.2) is 0 Å². The Morgan fingerprint density at radius 1 is 1.10 bits per heavy atom. The Labute approximate surface area is 132 Å². The molecule has 2 aromatic rings. The third kappa shape index (κ3) is 2.22. The largest absolute Gasteiger partial charge is 0.264 e. The fraction of sp³-hybridized carbons (Fsp3) is 0.200. The van der Waals surface area contributed by atoms with Crippen molar-refractivity contribution >= 4 is 38.3 Å². The molecule has 1 heterocycles. The first-order chi connectivity index (χ1) is 9.50. The zero-order valence-electron chi connectivity index (χ0n) is 11.0. The van der Waals surface area contributed by atoms with E-state index >= 15 is 0 Å². The molecule has 0 saturated heterocycles. The Bertz CT molecular complexity index is 741. The molecule has 1 aliphatic rings. The first kappa shape index (κ1) is 13.9. The van der Waals surface area contributed by atoms with Gasteiger partial charge in [-0.15, -0.1) is 0 Å². The lowest BCUT2D eigenvalue weighted by atomic mass is 10.1. The Hall–Kier alpha value is -1.08. The van der Waals surface area contributed by atoms with Gasteiger partial charge in [0.05, 0.1) is 10.6 Å². The highest BCUT2D eigenvalue weighted by atomic mass is 127. The monoisotopic (exact) mass is 399 g/mol. The van der Waals surface area contributed by atoms with Crippen LogP contribution in [0.3, 0.4) is 0 Å². The molecule has 0 aliphatic carbocycles. The third-order valence-electron chi connectivity index (χ3n) is 3.52. The standard InChI is InChI=1S/C15H14INO2S/c1-11-10-12-4-2-3-5-15(12)17(11)20(18,19)14-8-6-13(16)7-9-14/h2-9,11H,10H2,1H3. The predicted octanol–water partition coefficient (Wildman–Crippen LogP) is 3.43. The van der Waals surface area contributed by atoms with Gasteiger partial charge in [-0.2, -0.15) is 0 Å². The molecule has 3 rings (SSSR count). The summed E-state index contributed by atoms with van der Waals surface area (Å²) in [5.41, 5.74) is 1.90. The average molecular weight is 399 g/mol. The Balaban J connectivity index is 2.10. The maximum atomic E-state index is 12.8. The Morgan fingerprint density at radius 2 is 1.75 bits per heavy atom. The molecule has 0 saturated carbocycles. The van der Waals surface area contributed by atoms with Gasteiger partial charge in [-0.3, -0.25) is 4.31 Å². The highest BCUT2D eigenvalue weighted by molar-refractivity contribution is 14.1. The molecular weight excluding hydrogens is 385 g/mol. The molecule has 0 N–H and O–H groups in total. The van der Waals surface area contributed by atoms with Crippen LogP contribution in [-0.2, 0) is 16.4 Å². The van der Waals surface area contributed by atoms with Crippen LogP contribution in [0.15, 0.2) is 53.4 Å². The number of benzene rings is 2. The summed E-state index contributed by atoms with van der Waals surface area (Å²) in [6, 6.07) is 14.6. The Kier molecular flexibility index (Phi) is 3.50. The van der Waals surface area contributed by atoms with E-state index < -0.39 is 10.0 Å². The molecule has 1 aliphatic heterocycles. The zero-order chi connectivity index (χ0) is 14.3. The molecule has 1 unspecified atom stereocenters. The zero-order valence-corrected chi connectivity index (χ0v) is 13.9. The van der Waals surface area contributed by atoms with Gasteiger partial charge >= 0.3 is 0 Å². The first-order valence-corrected chi connectivity index (χ1v) is 8.90. The quantitative estimate of drug-likeness (QED) is 0.726. The van der Waals surface area contributed by atoms with E-state index in [0.717, 1.165) is 21.2 Å². The van der Waals surface area contributed by atoms with Gasteiger partial charge in [0.1, 0.15) is 0 Å². The minimum Gasteiger partial charge on any atom is -0.263 e. The molecule has 0 fully saturated rings. The van der Waals surface area contributed by atoms with Crippen molar-refractivity contribution < 1.29 is 8.42 Å². The summed E-state index contributed by atoms with van der Waals surface area (Å²) < 4.78 is 28.3. The highest BCUT2D eigenvalue weighted by Gasteiger charge is 2.35. The van der Waals surface area contributed by atoms with Crippen LogP contribution < -0.4 is 4.31 Å². The van der Waals surface area contributed by atoms with Gasteiger partial charge < -0.3 is 0 Å². The highest BCUT2D eigenvalue weighted by Crippen LogP contribution is 2.36. The van der Waals surface area contributed by atoms with E-state index in [4.69, 9.17) is 0 Å². The van der Waals surface area contributed by atoms with Crippen molar-refractivity contribution in [2.75, 3.05) is 4.31 Å². The molecule has 0 radical (unpaired) electrons. The van der Waals surface area contributed by atoms with E-state index in [9.17, 15) is 8.42 Å². The number of hydrogen-bond donors (Lipinski definition) is 0. The van der Waals surface area contributed by atoms with Crippen LogP contribution >= 0.6 is 22.6 Å². The lowest BCUT2D eigenvalue weighted by molar-refractivity contribution is 0.584. The summed E-state index contributed by atoms with van der Waals surface area (Å²) in [5.74, 6) is 0. The fourth-order valence-electron chi connectivity index (χ4n) is 2.62. The summed E-state index contributed by atoms with van der Waals surface area (Å²) >= 11 is 2.17. The summed E-state index contributed by atoms with van der Waals surface area (Å²) in [7, 11) is -3.49. The van der Waals surface area contributed by atoms with Crippen molar-refractivity contribution in [2.45, 2.75) is 24.3 Å². The lowest BCUT2D eigenvalue weighted by Crippen LogP contribution is -2.35. The minimum absolute atomic E-state index is 0.0447. The molecule has 0 amide bonds. The van der Waals surface area contributed by atoms with Crippen LogP contribution in [0, 0.1) is 3.57 Å². The van der Waals surface area contributed by atoms with Crippen molar-refractivity contribution in [1.82, 2.24) is 0 Å². The number of hydrogen-bond acceptors (Lipinski definition) is 2.